The van der Waals surface area contributed by atoms with Crippen molar-refractivity contribution in [3.05, 3.63) is 58.6 Å². The van der Waals surface area contributed by atoms with E-state index in [2.05, 4.69) is 28.4 Å². The number of benzene rings is 2. The highest BCUT2D eigenvalue weighted by Crippen LogP contribution is 2.24. The van der Waals surface area contributed by atoms with E-state index in [4.69, 9.17) is 17.3 Å². The number of rotatable bonds is 3. The molecule has 22 heavy (non-hydrogen) atoms. The number of carbonyl (C=O) groups excluding carboxylic acids is 1. The van der Waals surface area contributed by atoms with Crippen LogP contribution >= 0.6 is 11.6 Å². The van der Waals surface area contributed by atoms with Gasteiger partial charge in [0.2, 0.25) is 5.91 Å². The molecule has 3 rings (SSSR count). The van der Waals surface area contributed by atoms with Crippen molar-refractivity contribution in [2.45, 2.75) is 13.0 Å². The quantitative estimate of drug-likeness (QED) is 0.856. The molecule has 1 heterocycles. The van der Waals surface area contributed by atoms with Gasteiger partial charge in [-0.3, -0.25) is 9.69 Å². The first-order chi connectivity index (χ1) is 10.6. The van der Waals surface area contributed by atoms with Crippen LogP contribution < -0.4 is 11.1 Å². The summed E-state index contributed by atoms with van der Waals surface area (Å²) in [4.78, 5) is 14.3. The Hall–Kier alpha value is -2.04. The van der Waals surface area contributed by atoms with Gasteiger partial charge in [0.05, 0.1) is 17.3 Å². The number of hydrogen-bond donors (Lipinski definition) is 2. The third-order valence-electron chi connectivity index (χ3n) is 3.84. The highest BCUT2D eigenvalue weighted by atomic mass is 35.5. The van der Waals surface area contributed by atoms with Crippen LogP contribution in [0.2, 0.25) is 5.02 Å². The Kier molecular flexibility index (Phi) is 4.32. The molecule has 0 bridgehead atoms. The van der Waals surface area contributed by atoms with E-state index in [1.165, 1.54) is 11.1 Å². The van der Waals surface area contributed by atoms with Gasteiger partial charge < -0.3 is 11.1 Å². The molecule has 2 aromatic rings. The first kappa shape index (κ1) is 14.9. The molecular formula is C17H18ClN3O. The van der Waals surface area contributed by atoms with Crippen LogP contribution in [0.25, 0.3) is 0 Å². The first-order valence-electron chi connectivity index (χ1n) is 7.26. The Morgan fingerprint density at radius 2 is 2.00 bits per heavy atom. The summed E-state index contributed by atoms with van der Waals surface area (Å²) in [6.07, 6.45) is 0.975. The Balaban J connectivity index is 1.62. The van der Waals surface area contributed by atoms with E-state index in [0.29, 0.717) is 22.9 Å². The molecule has 0 fully saturated rings. The summed E-state index contributed by atoms with van der Waals surface area (Å²) >= 11 is 6.07. The molecule has 0 radical (unpaired) electrons. The van der Waals surface area contributed by atoms with E-state index >= 15 is 0 Å². The molecule has 114 valence electrons. The maximum absolute atomic E-state index is 12.2. The molecule has 1 amide bonds. The van der Waals surface area contributed by atoms with Crippen molar-refractivity contribution in [1.82, 2.24) is 4.90 Å². The lowest BCUT2D eigenvalue weighted by Gasteiger charge is -2.28. The second-order valence-corrected chi connectivity index (χ2v) is 5.92. The van der Waals surface area contributed by atoms with Gasteiger partial charge in [-0.2, -0.15) is 0 Å². The summed E-state index contributed by atoms with van der Waals surface area (Å²) in [7, 11) is 0. The van der Waals surface area contributed by atoms with Gasteiger partial charge in [-0.25, -0.2) is 0 Å². The van der Waals surface area contributed by atoms with Crippen LogP contribution in [-0.4, -0.2) is 23.9 Å². The minimum Gasteiger partial charge on any atom is -0.399 e. The second-order valence-electron chi connectivity index (χ2n) is 5.52. The van der Waals surface area contributed by atoms with Crippen molar-refractivity contribution < 1.29 is 4.79 Å². The van der Waals surface area contributed by atoms with Gasteiger partial charge >= 0.3 is 0 Å². The van der Waals surface area contributed by atoms with Crippen molar-refractivity contribution in [3.8, 4) is 0 Å². The number of nitrogen functional groups attached to an aromatic ring is 1. The molecule has 0 saturated carbocycles. The average Bonchev–Trinajstić information content (AvgIpc) is 2.51. The van der Waals surface area contributed by atoms with E-state index in [0.717, 1.165) is 19.5 Å². The molecule has 0 spiro atoms. The van der Waals surface area contributed by atoms with Gasteiger partial charge in [0, 0.05) is 18.8 Å². The Morgan fingerprint density at radius 3 is 2.82 bits per heavy atom. The van der Waals surface area contributed by atoms with E-state index in [9.17, 15) is 4.79 Å². The molecule has 1 aliphatic heterocycles. The zero-order chi connectivity index (χ0) is 15.5. The molecule has 4 nitrogen and oxygen atoms in total. The lowest BCUT2D eigenvalue weighted by atomic mass is 10.00. The van der Waals surface area contributed by atoms with Gasteiger partial charge in [-0.05, 0) is 35.7 Å². The van der Waals surface area contributed by atoms with Crippen molar-refractivity contribution in [1.29, 1.82) is 0 Å². The molecular weight excluding hydrogens is 298 g/mol. The van der Waals surface area contributed by atoms with Gasteiger partial charge in [0.15, 0.2) is 0 Å². The number of nitrogens with zero attached hydrogens (tertiary/aromatic N) is 1. The average molecular weight is 316 g/mol. The third kappa shape index (κ3) is 3.40. The van der Waals surface area contributed by atoms with Crippen molar-refractivity contribution in [3.63, 3.8) is 0 Å². The van der Waals surface area contributed by atoms with Gasteiger partial charge in [0.1, 0.15) is 0 Å². The summed E-state index contributed by atoms with van der Waals surface area (Å²) in [5.74, 6) is -0.0770. The normalized spacial score (nSPS) is 14.4. The second kappa shape index (κ2) is 6.38. The van der Waals surface area contributed by atoms with Crippen molar-refractivity contribution in [2.75, 3.05) is 24.1 Å². The number of nitrogens with two attached hydrogens (primary N) is 1. The van der Waals surface area contributed by atoms with E-state index in [1.807, 2.05) is 6.07 Å². The lowest BCUT2D eigenvalue weighted by molar-refractivity contribution is -0.117. The molecule has 0 aliphatic carbocycles. The minimum atomic E-state index is -0.0770. The van der Waals surface area contributed by atoms with Crippen LogP contribution in [0.15, 0.2) is 42.5 Å². The zero-order valence-corrected chi connectivity index (χ0v) is 12.9. The molecule has 3 N–H and O–H groups in total. The largest absolute Gasteiger partial charge is 0.399 e. The molecule has 0 saturated heterocycles. The van der Waals surface area contributed by atoms with Crippen LogP contribution in [0.5, 0.6) is 0 Å². The van der Waals surface area contributed by atoms with Gasteiger partial charge in [-0.1, -0.05) is 35.9 Å². The monoisotopic (exact) mass is 315 g/mol. The number of anilines is 2. The summed E-state index contributed by atoms with van der Waals surface area (Å²) in [5, 5.41) is 3.32. The maximum atomic E-state index is 12.2. The molecule has 0 aromatic heterocycles. The predicted octanol–water partition coefficient (Wildman–Crippen LogP) is 2.92. The smallest absolute Gasteiger partial charge is 0.238 e. The topological polar surface area (TPSA) is 58.4 Å². The highest BCUT2D eigenvalue weighted by Gasteiger charge is 2.18. The highest BCUT2D eigenvalue weighted by molar-refractivity contribution is 6.33. The number of carbonyl (C=O) groups is 1. The number of halogens is 1. The van der Waals surface area contributed by atoms with Crippen molar-refractivity contribution in [2.24, 2.45) is 0 Å². The van der Waals surface area contributed by atoms with Crippen LogP contribution in [0.4, 0.5) is 11.4 Å². The fraction of sp³-hybridized carbons (Fsp3) is 0.235. The number of fused-ring (bicyclic) bond motifs is 1. The van der Waals surface area contributed by atoms with Crippen LogP contribution in [0.1, 0.15) is 11.1 Å². The fourth-order valence-electron chi connectivity index (χ4n) is 2.72. The SMILES string of the molecule is Nc1ccc(Cl)c(NC(=O)CN2CCc3ccccc3C2)c1. The molecule has 5 heteroatoms. The Morgan fingerprint density at radius 1 is 1.23 bits per heavy atom. The lowest BCUT2D eigenvalue weighted by Crippen LogP contribution is -2.37. The van der Waals surface area contributed by atoms with Gasteiger partial charge in [0.25, 0.3) is 0 Å². The van der Waals surface area contributed by atoms with Crippen LogP contribution in [0.3, 0.4) is 0 Å². The first-order valence-corrected chi connectivity index (χ1v) is 7.63. The summed E-state index contributed by atoms with van der Waals surface area (Å²) in [5.41, 5.74) is 9.52. The molecule has 0 unspecified atom stereocenters. The summed E-state index contributed by atoms with van der Waals surface area (Å²) in [6.45, 7) is 2.03. The third-order valence-corrected chi connectivity index (χ3v) is 4.17. The molecule has 2 aromatic carbocycles. The van der Waals surface area contributed by atoms with E-state index in [1.54, 1.807) is 18.2 Å². The summed E-state index contributed by atoms with van der Waals surface area (Å²) in [6, 6.07) is 13.4. The van der Waals surface area contributed by atoms with E-state index < -0.39 is 0 Å². The Labute approximate surface area is 134 Å². The standard InChI is InChI=1S/C17H18ClN3O/c18-15-6-5-14(19)9-16(15)20-17(22)11-21-8-7-12-3-1-2-4-13(12)10-21/h1-6,9H,7-8,10-11,19H2,(H,20,22). The van der Waals surface area contributed by atoms with Crippen LogP contribution in [-0.2, 0) is 17.8 Å². The van der Waals surface area contributed by atoms with Gasteiger partial charge in [-0.15, -0.1) is 0 Å². The van der Waals surface area contributed by atoms with E-state index in [-0.39, 0.29) is 5.91 Å². The zero-order valence-electron chi connectivity index (χ0n) is 12.2. The van der Waals surface area contributed by atoms with Crippen molar-refractivity contribution >= 4 is 28.9 Å². The fourth-order valence-corrected chi connectivity index (χ4v) is 2.89. The predicted molar refractivity (Wildman–Crippen MR) is 89.9 cm³/mol. The summed E-state index contributed by atoms with van der Waals surface area (Å²) < 4.78 is 0. The molecule has 1 aliphatic rings. The van der Waals surface area contributed by atoms with Crippen LogP contribution in [0, 0.1) is 0 Å². The number of nitrogens with one attached hydrogen (secondary N) is 1. The number of amides is 1. The minimum absolute atomic E-state index is 0.0770. The maximum Gasteiger partial charge on any atom is 0.238 e. The number of hydrogen-bond acceptors (Lipinski definition) is 3. The molecule has 0 atom stereocenters. The Bertz CT molecular complexity index is 702.